The van der Waals surface area contributed by atoms with Gasteiger partial charge in [-0.05, 0) is 6.07 Å². The summed E-state index contributed by atoms with van der Waals surface area (Å²) < 4.78 is 51.9. The third-order valence-electron chi connectivity index (χ3n) is 2.36. The zero-order valence-corrected chi connectivity index (χ0v) is 10.0. The number of anilines is 3. The Bertz CT molecular complexity index is 623. The summed E-state index contributed by atoms with van der Waals surface area (Å²) in [6.07, 6.45) is 0. The highest BCUT2D eigenvalue weighted by Crippen LogP contribution is 2.29. The van der Waals surface area contributed by atoms with Crippen molar-refractivity contribution in [3.63, 3.8) is 0 Å². The second kappa shape index (κ2) is 4.97. The average molecular weight is 291 g/mol. The van der Waals surface area contributed by atoms with E-state index in [-0.39, 0.29) is 22.1 Å². The zero-order valence-electron chi connectivity index (χ0n) is 9.28. The molecule has 3 N–H and O–H groups in total. The molecule has 100 valence electrons. The first-order valence-electron chi connectivity index (χ1n) is 5.04. The fourth-order valence-corrected chi connectivity index (χ4v) is 1.62. The highest BCUT2D eigenvalue weighted by molar-refractivity contribution is 6.31. The van der Waals surface area contributed by atoms with E-state index in [9.17, 15) is 17.6 Å². The van der Waals surface area contributed by atoms with Gasteiger partial charge >= 0.3 is 0 Å². The Labute approximate surface area is 110 Å². The van der Waals surface area contributed by atoms with Gasteiger partial charge in [-0.25, -0.2) is 17.6 Å². The van der Waals surface area contributed by atoms with Crippen LogP contribution in [0.3, 0.4) is 0 Å². The number of hydrogen-bond acceptors (Lipinski definition) is 2. The molecule has 0 atom stereocenters. The maximum Gasteiger partial charge on any atom is 0.194 e. The number of nitrogen functional groups attached to an aromatic ring is 1. The van der Waals surface area contributed by atoms with Crippen LogP contribution in [0.1, 0.15) is 0 Å². The van der Waals surface area contributed by atoms with Crippen molar-refractivity contribution < 1.29 is 17.6 Å². The third-order valence-corrected chi connectivity index (χ3v) is 2.64. The van der Waals surface area contributed by atoms with E-state index in [0.29, 0.717) is 0 Å². The minimum Gasteiger partial charge on any atom is -0.397 e. The van der Waals surface area contributed by atoms with Gasteiger partial charge < -0.3 is 11.1 Å². The summed E-state index contributed by atoms with van der Waals surface area (Å²) in [4.78, 5) is 0. The molecule has 2 rings (SSSR count). The van der Waals surface area contributed by atoms with Gasteiger partial charge in [-0.15, -0.1) is 0 Å². The molecule has 0 amide bonds. The molecule has 2 nitrogen and oxygen atoms in total. The van der Waals surface area contributed by atoms with Crippen LogP contribution < -0.4 is 11.1 Å². The third kappa shape index (κ3) is 2.73. The second-order valence-corrected chi connectivity index (χ2v) is 4.14. The lowest BCUT2D eigenvalue weighted by Crippen LogP contribution is -2.00. The van der Waals surface area contributed by atoms with Crippen LogP contribution in [-0.4, -0.2) is 0 Å². The smallest absolute Gasteiger partial charge is 0.194 e. The highest BCUT2D eigenvalue weighted by atomic mass is 35.5. The number of hydrogen-bond donors (Lipinski definition) is 2. The number of benzene rings is 2. The average Bonchev–Trinajstić information content (AvgIpc) is 2.33. The van der Waals surface area contributed by atoms with E-state index in [4.69, 9.17) is 17.3 Å². The van der Waals surface area contributed by atoms with E-state index in [1.807, 2.05) is 0 Å². The summed E-state index contributed by atoms with van der Waals surface area (Å²) in [5, 5.41) is 2.32. The van der Waals surface area contributed by atoms with Gasteiger partial charge in [-0.3, -0.25) is 0 Å². The Morgan fingerprint density at radius 1 is 0.895 bits per heavy atom. The minimum absolute atomic E-state index is 0.00737. The van der Waals surface area contributed by atoms with Crippen molar-refractivity contribution in [2.75, 3.05) is 11.1 Å². The minimum atomic E-state index is -1.57. The second-order valence-electron chi connectivity index (χ2n) is 3.73. The molecular weight excluding hydrogens is 284 g/mol. The summed E-state index contributed by atoms with van der Waals surface area (Å²) in [5.41, 5.74) is 5.59. The van der Waals surface area contributed by atoms with Crippen LogP contribution in [0.2, 0.25) is 5.02 Å². The number of rotatable bonds is 2. The first-order chi connectivity index (χ1) is 8.88. The van der Waals surface area contributed by atoms with Gasteiger partial charge in [-0.1, -0.05) is 11.6 Å². The van der Waals surface area contributed by atoms with E-state index in [1.165, 1.54) is 0 Å². The molecule has 0 bridgehead atoms. The van der Waals surface area contributed by atoms with Crippen LogP contribution in [0.5, 0.6) is 0 Å². The first-order valence-corrected chi connectivity index (χ1v) is 5.42. The van der Waals surface area contributed by atoms with Crippen LogP contribution in [-0.2, 0) is 0 Å². The molecule has 0 aromatic heterocycles. The van der Waals surface area contributed by atoms with Gasteiger partial charge in [0.2, 0.25) is 0 Å². The van der Waals surface area contributed by atoms with E-state index < -0.39 is 23.3 Å². The molecule has 0 unspecified atom stereocenters. The predicted octanol–water partition coefficient (Wildman–Crippen LogP) is 4.22. The van der Waals surface area contributed by atoms with Crippen molar-refractivity contribution in [2.24, 2.45) is 0 Å². The summed E-state index contributed by atoms with van der Waals surface area (Å²) in [6, 6.07) is 3.61. The van der Waals surface area contributed by atoms with Crippen molar-refractivity contribution in [1.29, 1.82) is 0 Å². The molecule has 0 aliphatic carbocycles. The fourth-order valence-electron chi connectivity index (χ4n) is 1.45. The largest absolute Gasteiger partial charge is 0.397 e. The van der Waals surface area contributed by atoms with Gasteiger partial charge in [-0.2, -0.15) is 0 Å². The molecular formula is C12H7ClF4N2. The van der Waals surface area contributed by atoms with E-state index in [0.717, 1.165) is 24.3 Å². The lowest BCUT2D eigenvalue weighted by atomic mass is 10.2. The Morgan fingerprint density at radius 2 is 1.47 bits per heavy atom. The number of halogens is 5. The molecule has 0 aliphatic heterocycles. The predicted molar refractivity (Wildman–Crippen MR) is 65.4 cm³/mol. The maximum atomic E-state index is 13.1. The summed E-state index contributed by atoms with van der Waals surface area (Å²) in [7, 11) is 0. The normalized spacial score (nSPS) is 10.6. The number of nitrogens with one attached hydrogen (secondary N) is 1. The molecule has 19 heavy (non-hydrogen) atoms. The van der Waals surface area contributed by atoms with Crippen molar-refractivity contribution in [2.45, 2.75) is 0 Å². The molecule has 0 fully saturated rings. The van der Waals surface area contributed by atoms with Crippen molar-refractivity contribution in [3.05, 3.63) is 52.6 Å². The van der Waals surface area contributed by atoms with E-state index in [1.54, 1.807) is 0 Å². The van der Waals surface area contributed by atoms with Crippen LogP contribution >= 0.6 is 11.6 Å². The SMILES string of the molecule is Nc1cc(F)c(Cl)cc1Nc1cc(F)c(F)c(F)c1. The van der Waals surface area contributed by atoms with Gasteiger partial charge in [0.05, 0.1) is 16.4 Å². The van der Waals surface area contributed by atoms with Crippen molar-refractivity contribution >= 4 is 28.7 Å². The van der Waals surface area contributed by atoms with Crippen LogP contribution in [0, 0.1) is 23.3 Å². The monoisotopic (exact) mass is 290 g/mol. The van der Waals surface area contributed by atoms with Gasteiger partial charge in [0.1, 0.15) is 5.82 Å². The zero-order chi connectivity index (χ0) is 14.2. The molecule has 0 radical (unpaired) electrons. The molecule has 2 aromatic rings. The first kappa shape index (κ1) is 13.5. The molecule has 2 aromatic carbocycles. The lowest BCUT2D eigenvalue weighted by Gasteiger charge is -2.11. The molecule has 0 saturated heterocycles. The maximum absolute atomic E-state index is 13.1. The Morgan fingerprint density at radius 3 is 2.05 bits per heavy atom. The van der Waals surface area contributed by atoms with Crippen molar-refractivity contribution in [1.82, 2.24) is 0 Å². The van der Waals surface area contributed by atoms with Crippen molar-refractivity contribution in [3.8, 4) is 0 Å². The quantitative estimate of drug-likeness (QED) is 0.494. The van der Waals surface area contributed by atoms with E-state index >= 15 is 0 Å². The molecule has 0 saturated carbocycles. The topological polar surface area (TPSA) is 38.0 Å². The van der Waals surface area contributed by atoms with Gasteiger partial charge in [0.25, 0.3) is 0 Å². The standard InChI is InChI=1S/C12H7ClF4N2/c13-6-3-11(10(18)4-7(6)14)19-5-1-8(15)12(17)9(16)2-5/h1-4,19H,18H2. The molecule has 0 heterocycles. The van der Waals surface area contributed by atoms with Crippen LogP contribution in [0.15, 0.2) is 24.3 Å². The Kier molecular flexibility index (Phi) is 3.53. The van der Waals surface area contributed by atoms with E-state index in [2.05, 4.69) is 5.32 Å². The Hall–Kier alpha value is -1.95. The summed E-state index contributed by atoms with van der Waals surface area (Å²) in [6.45, 7) is 0. The molecule has 0 spiro atoms. The van der Waals surface area contributed by atoms with Crippen LogP contribution in [0.25, 0.3) is 0 Å². The molecule has 7 heteroatoms. The molecule has 0 aliphatic rings. The van der Waals surface area contributed by atoms with Crippen LogP contribution in [0.4, 0.5) is 34.6 Å². The summed E-state index contributed by atoms with van der Waals surface area (Å²) >= 11 is 5.56. The summed E-state index contributed by atoms with van der Waals surface area (Å²) in [5.74, 6) is -5.00. The fraction of sp³-hybridized carbons (Fsp3) is 0. The van der Waals surface area contributed by atoms with Gasteiger partial charge in [0, 0.05) is 23.9 Å². The Balaban J connectivity index is 2.39. The van der Waals surface area contributed by atoms with Gasteiger partial charge in [0.15, 0.2) is 17.5 Å². The number of nitrogens with two attached hydrogens (primary N) is 1. The highest BCUT2D eigenvalue weighted by Gasteiger charge is 2.12. The lowest BCUT2D eigenvalue weighted by molar-refractivity contribution is 0.448.